The summed E-state index contributed by atoms with van der Waals surface area (Å²) in [6, 6.07) is 19.1. The summed E-state index contributed by atoms with van der Waals surface area (Å²) < 4.78 is 13.2. The minimum atomic E-state index is -0.125. The van der Waals surface area contributed by atoms with E-state index in [-0.39, 0.29) is 5.91 Å². The van der Waals surface area contributed by atoms with Gasteiger partial charge in [-0.25, -0.2) is 9.97 Å². The van der Waals surface area contributed by atoms with Crippen molar-refractivity contribution in [3.05, 3.63) is 78.1 Å². The summed E-state index contributed by atoms with van der Waals surface area (Å²) >= 11 is 0. The van der Waals surface area contributed by atoms with Crippen LogP contribution >= 0.6 is 0 Å². The van der Waals surface area contributed by atoms with E-state index in [1.54, 1.807) is 30.1 Å². The van der Waals surface area contributed by atoms with Gasteiger partial charge in [-0.15, -0.1) is 0 Å². The molecule has 5 rings (SSSR count). The molecule has 1 aliphatic rings. The molecule has 0 radical (unpaired) electrons. The molecule has 1 aliphatic heterocycles. The Bertz CT molecular complexity index is 1270. The molecule has 3 heterocycles. The minimum Gasteiger partial charge on any atom is -0.493 e. The van der Waals surface area contributed by atoms with E-state index in [2.05, 4.69) is 20.4 Å². The number of hydrogen-bond donors (Lipinski definition) is 1. The lowest BCUT2D eigenvalue weighted by Gasteiger charge is -2.13. The van der Waals surface area contributed by atoms with Gasteiger partial charge in [-0.2, -0.15) is 5.10 Å². The molecule has 2 aromatic carbocycles. The summed E-state index contributed by atoms with van der Waals surface area (Å²) in [6.07, 6.45) is 1.68. The van der Waals surface area contributed by atoms with Gasteiger partial charge in [-0.05, 0) is 35.9 Å². The number of methoxy groups -OCH3 is 1. The van der Waals surface area contributed by atoms with E-state index in [1.807, 2.05) is 48.5 Å². The van der Waals surface area contributed by atoms with Crippen molar-refractivity contribution in [3.63, 3.8) is 0 Å². The second kappa shape index (κ2) is 8.50. The van der Waals surface area contributed by atoms with Crippen LogP contribution in [0.5, 0.6) is 11.5 Å². The fraction of sp³-hybridized carbons (Fsp3) is 0.167. The lowest BCUT2D eigenvalue weighted by atomic mass is 10.1. The Labute approximate surface area is 184 Å². The Balaban J connectivity index is 1.41. The lowest BCUT2D eigenvalue weighted by molar-refractivity contribution is 0.0924. The third kappa shape index (κ3) is 3.90. The molecule has 8 nitrogen and oxygen atoms in total. The standard InChI is InChI=1S/C24H21N5O3/c1-31-22-13-17(7-8-21(22)32-15-16-5-3-2-4-6-16)23-25-10-9-18(27-23)19-14-20-24(30)26-11-12-29(20)28-19/h2-10,13-14H,11-12,15H2,1H3,(H,26,30). The van der Waals surface area contributed by atoms with Gasteiger partial charge in [-0.3, -0.25) is 9.48 Å². The van der Waals surface area contributed by atoms with Gasteiger partial charge >= 0.3 is 0 Å². The molecular weight excluding hydrogens is 406 g/mol. The maximum Gasteiger partial charge on any atom is 0.269 e. The van der Waals surface area contributed by atoms with Crippen molar-refractivity contribution >= 4 is 5.91 Å². The number of ether oxygens (including phenoxy) is 2. The molecular formula is C24H21N5O3. The number of rotatable bonds is 6. The number of benzene rings is 2. The van der Waals surface area contributed by atoms with Crippen LogP contribution in [0, 0.1) is 0 Å². The van der Waals surface area contributed by atoms with Gasteiger partial charge in [0, 0.05) is 18.3 Å². The largest absolute Gasteiger partial charge is 0.493 e. The zero-order valence-corrected chi connectivity index (χ0v) is 17.5. The number of aromatic nitrogens is 4. The second-order valence-corrected chi connectivity index (χ2v) is 7.30. The minimum absolute atomic E-state index is 0.125. The molecule has 0 atom stereocenters. The van der Waals surface area contributed by atoms with Crippen LogP contribution in [0.2, 0.25) is 0 Å². The van der Waals surface area contributed by atoms with Crippen LogP contribution in [0.15, 0.2) is 66.9 Å². The fourth-order valence-electron chi connectivity index (χ4n) is 3.56. The van der Waals surface area contributed by atoms with E-state index < -0.39 is 0 Å². The average molecular weight is 427 g/mol. The SMILES string of the molecule is COc1cc(-c2nccc(-c3cc4n(n3)CCNC4=O)n2)ccc1OCc1ccccc1. The summed E-state index contributed by atoms with van der Waals surface area (Å²) in [5.41, 5.74) is 3.68. The third-order valence-corrected chi connectivity index (χ3v) is 5.20. The first-order valence-electron chi connectivity index (χ1n) is 10.3. The lowest BCUT2D eigenvalue weighted by Crippen LogP contribution is -2.35. The van der Waals surface area contributed by atoms with Crippen molar-refractivity contribution in [2.45, 2.75) is 13.2 Å². The second-order valence-electron chi connectivity index (χ2n) is 7.30. The van der Waals surface area contributed by atoms with Gasteiger partial charge in [-0.1, -0.05) is 30.3 Å². The van der Waals surface area contributed by atoms with E-state index in [9.17, 15) is 4.79 Å². The van der Waals surface area contributed by atoms with Gasteiger partial charge in [0.25, 0.3) is 5.91 Å². The molecule has 0 unspecified atom stereocenters. The molecule has 0 fully saturated rings. The summed E-state index contributed by atoms with van der Waals surface area (Å²) in [6.45, 7) is 1.65. The highest BCUT2D eigenvalue weighted by atomic mass is 16.5. The molecule has 0 saturated heterocycles. The zero-order chi connectivity index (χ0) is 21.9. The Kier molecular flexibility index (Phi) is 5.25. The van der Waals surface area contributed by atoms with Crippen molar-refractivity contribution < 1.29 is 14.3 Å². The Morgan fingerprint density at radius 2 is 1.91 bits per heavy atom. The predicted octanol–water partition coefficient (Wildman–Crippen LogP) is 3.34. The predicted molar refractivity (Wildman–Crippen MR) is 118 cm³/mol. The van der Waals surface area contributed by atoms with E-state index in [0.29, 0.717) is 54.1 Å². The Morgan fingerprint density at radius 3 is 2.72 bits per heavy atom. The van der Waals surface area contributed by atoms with Gasteiger partial charge in [0.1, 0.15) is 18.0 Å². The summed E-state index contributed by atoms with van der Waals surface area (Å²) in [5, 5.41) is 7.35. The smallest absolute Gasteiger partial charge is 0.269 e. The normalized spacial score (nSPS) is 12.7. The van der Waals surface area contributed by atoms with Crippen molar-refractivity contribution in [1.82, 2.24) is 25.1 Å². The number of nitrogens with zero attached hydrogens (tertiary/aromatic N) is 4. The van der Waals surface area contributed by atoms with Crippen molar-refractivity contribution in [3.8, 4) is 34.3 Å². The summed E-state index contributed by atoms with van der Waals surface area (Å²) in [4.78, 5) is 21.1. The number of nitrogens with one attached hydrogen (secondary N) is 1. The Morgan fingerprint density at radius 1 is 1.03 bits per heavy atom. The molecule has 1 N–H and O–H groups in total. The van der Waals surface area contributed by atoms with Crippen molar-refractivity contribution in [2.24, 2.45) is 0 Å². The monoisotopic (exact) mass is 427 g/mol. The number of carbonyl (C=O) groups is 1. The third-order valence-electron chi connectivity index (χ3n) is 5.20. The highest BCUT2D eigenvalue weighted by Gasteiger charge is 2.20. The maximum atomic E-state index is 12.0. The molecule has 0 bridgehead atoms. The molecule has 160 valence electrons. The van der Waals surface area contributed by atoms with Crippen LogP contribution in [0.1, 0.15) is 16.1 Å². The summed E-state index contributed by atoms with van der Waals surface area (Å²) in [5.74, 6) is 1.65. The van der Waals surface area contributed by atoms with Gasteiger partial charge in [0.05, 0.1) is 19.3 Å². The first-order chi connectivity index (χ1) is 15.7. The van der Waals surface area contributed by atoms with Crippen molar-refractivity contribution in [1.29, 1.82) is 0 Å². The first-order valence-corrected chi connectivity index (χ1v) is 10.3. The molecule has 0 saturated carbocycles. The zero-order valence-electron chi connectivity index (χ0n) is 17.5. The van der Waals surface area contributed by atoms with E-state index >= 15 is 0 Å². The quantitative estimate of drug-likeness (QED) is 0.508. The van der Waals surface area contributed by atoms with E-state index in [1.165, 1.54) is 0 Å². The maximum absolute atomic E-state index is 12.0. The van der Waals surface area contributed by atoms with Crippen LogP contribution in [-0.2, 0) is 13.2 Å². The molecule has 32 heavy (non-hydrogen) atoms. The average Bonchev–Trinajstić information content (AvgIpc) is 3.29. The van der Waals surface area contributed by atoms with Crippen LogP contribution in [0.4, 0.5) is 0 Å². The molecule has 1 amide bonds. The highest BCUT2D eigenvalue weighted by Crippen LogP contribution is 2.32. The number of amides is 1. The van der Waals surface area contributed by atoms with E-state index in [0.717, 1.165) is 11.1 Å². The van der Waals surface area contributed by atoms with Crippen molar-refractivity contribution in [2.75, 3.05) is 13.7 Å². The van der Waals surface area contributed by atoms with E-state index in [4.69, 9.17) is 9.47 Å². The van der Waals surface area contributed by atoms with Gasteiger partial charge < -0.3 is 14.8 Å². The van der Waals surface area contributed by atoms with Gasteiger partial charge in [0.2, 0.25) is 0 Å². The molecule has 4 aromatic rings. The molecule has 0 aliphatic carbocycles. The molecule has 0 spiro atoms. The summed E-state index contributed by atoms with van der Waals surface area (Å²) in [7, 11) is 1.60. The molecule has 2 aromatic heterocycles. The topological polar surface area (TPSA) is 91.2 Å². The first kappa shape index (κ1) is 19.7. The van der Waals surface area contributed by atoms with Gasteiger partial charge in [0.15, 0.2) is 17.3 Å². The fourth-order valence-corrected chi connectivity index (χ4v) is 3.56. The highest BCUT2D eigenvalue weighted by molar-refractivity contribution is 5.94. The number of hydrogen-bond acceptors (Lipinski definition) is 6. The number of fused-ring (bicyclic) bond motifs is 1. The number of carbonyl (C=O) groups excluding carboxylic acids is 1. The van der Waals surface area contributed by atoms with Crippen LogP contribution in [-0.4, -0.2) is 39.3 Å². The van der Waals surface area contributed by atoms with Crippen LogP contribution < -0.4 is 14.8 Å². The Hall–Kier alpha value is -4.20. The van der Waals surface area contributed by atoms with Crippen LogP contribution in [0.25, 0.3) is 22.8 Å². The van der Waals surface area contributed by atoms with Crippen LogP contribution in [0.3, 0.4) is 0 Å². The molecule has 8 heteroatoms.